The van der Waals surface area contributed by atoms with Gasteiger partial charge >= 0.3 is 0 Å². The molecule has 2 saturated heterocycles. The minimum absolute atomic E-state index is 0.0450. The molecular formula is C34H40N2O11. The van der Waals surface area contributed by atoms with Gasteiger partial charge in [0.15, 0.2) is 17.9 Å². The van der Waals surface area contributed by atoms with Crippen LogP contribution < -0.4 is 4.74 Å². The number of methoxy groups -OCH3 is 1. The quantitative estimate of drug-likeness (QED) is 0.148. The van der Waals surface area contributed by atoms with E-state index in [2.05, 4.69) is 4.90 Å². The Morgan fingerprint density at radius 3 is 2.47 bits per heavy atom. The van der Waals surface area contributed by atoms with Crippen molar-refractivity contribution in [2.75, 3.05) is 26.8 Å². The Hall–Kier alpha value is -3.88. The van der Waals surface area contributed by atoms with Crippen molar-refractivity contribution in [1.29, 1.82) is 0 Å². The zero-order valence-corrected chi connectivity index (χ0v) is 26.6. The molecule has 0 spiro atoms. The predicted octanol–water partition coefficient (Wildman–Crippen LogP) is 1.95. The number of phenolic OH excluding ortho intramolecular Hbond substituents is 2. The number of phenols is 2. The number of ketones is 3. The van der Waals surface area contributed by atoms with Crippen molar-refractivity contribution in [3.05, 3.63) is 51.6 Å². The highest BCUT2D eigenvalue weighted by atomic mass is 16.7. The fourth-order valence-electron chi connectivity index (χ4n) is 7.36. The predicted molar refractivity (Wildman–Crippen MR) is 166 cm³/mol. The second-order valence-corrected chi connectivity index (χ2v) is 12.8. The van der Waals surface area contributed by atoms with Crippen LogP contribution in [0.1, 0.15) is 95.0 Å². The molecule has 5 N–H and O–H groups in total. The molecule has 0 aromatic heterocycles. The first-order chi connectivity index (χ1) is 22.4. The van der Waals surface area contributed by atoms with Crippen molar-refractivity contribution in [2.45, 2.75) is 88.6 Å². The molecule has 0 amide bonds. The molecule has 5 unspecified atom stereocenters. The molecule has 0 saturated carbocycles. The molecule has 2 aromatic carbocycles. The van der Waals surface area contributed by atoms with E-state index in [1.54, 1.807) is 6.92 Å². The Bertz CT molecular complexity index is 1650. The van der Waals surface area contributed by atoms with Gasteiger partial charge in [-0.05, 0) is 39.2 Å². The normalized spacial score (nSPS) is 29.2. The van der Waals surface area contributed by atoms with E-state index in [0.717, 1.165) is 38.2 Å². The summed E-state index contributed by atoms with van der Waals surface area (Å²) in [6.07, 6.45) is -1.80. The van der Waals surface area contributed by atoms with Gasteiger partial charge in [-0.25, -0.2) is 0 Å². The molecule has 0 bridgehead atoms. The van der Waals surface area contributed by atoms with Crippen LogP contribution in [0, 0.1) is 0 Å². The van der Waals surface area contributed by atoms with E-state index < -0.39 is 95.7 Å². The van der Waals surface area contributed by atoms with E-state index in [9.17, 15) is 39.9 Å². The van der Waals surface area contributed by atoms with E-state index >= 15 is 0 Å². The maximum Gasteiger partial charge on any atom is 0.202 e. The zero-order chi connectivity index (χ0) is 33.8. The van der Waals surface area contributed by atoms with Gasteiger partial charge in [-0.1, -0.05) is 12.1 Å². The van der Waals surface area contributed by atoms with Crippen molar-refractivity contribution in [1.82, 2.24) is 4.90 Å². The number of likely N-dealkylation sites (tertiary alicyclic amines) is 1. The number of nitrogens with zero attached hydrogens (tertiary/aromatic N) is 2. The lowest BCUT2D eigenvalue weighted by atomic mass is 9.72. The number of carbonyl (C=O) groups excluding carboxylic acids is 3. The fraction of sp³-hybridized carbons (Fsp3) is 0.529. The number of aliphatic hydroxyl groups excluding tert-OH is 2. The Morgan fingerprint density at radius 1 is 1.09 bits per heavy atom. The second-order valence-electron chi connectivity index (χ2n) is 12.8. The third kappa shape index (κ3) is 5.59. The monoisotopic (exact) mass is 652 g/mol. The Balaban J connectivity index is 1.41. The Labute approximate surface area is 271 Å². The highest BCUT2D eigenvalue weighted by Crippen LogP contribution is 2.52. The smallest absolute Gasteiger partial charge is 0.202 e. The maximum absolute atomic E-state index is 13.9. The number of hydrogen-bond donors (Lipinski definition) is 5. The van der Waals surface area contributed by atoms with Crippen LogP contribution in [0.5, 0.6) is 17.2 Å². The van der Waals surface area contributed by atoms with Gasteiger partial charge in [-0.2, -0.15) is 0 Å². The number of aliphatic imine (C=N–C) groups is 1. The van der Waals surface area contributed by atoms with Crippen LogP contribution >= 0.6 is 0 Å². The number of amidine groups is 1. The van der Waals surface area contributed by atoms with Gasteiger partial charge in [-0.15, -0.1) is 0 Å². The third-order valence-corrected chi connectivity index (χ3v) is 9.90. The van der Waals surface area contributed by atoms with Crippen LogP contribution in [0.15, 0.2) is 23.2 Å². The van der Waals surface area contributed by atoms with E-state index in [-0.39, 0.29) is 34.4 Å². The van der Waals surface area contributed by atoms with Gasteiger partial charge in [0, 0.05) is 49.0 Å². The van der Waals surface area contributed by atoms with Gasteiger partial charge in [0.1, 0.15) is 35.6 Å². The minimum atomic E-state index is -2.25. The number of fused-ring (bicyclic) bond motifs is 3. The Kier molecular flexibility index (Phi) is 8.87. The molecule has 2 aliphatic heterocycles. The molecular weight excluding hydrogens is 612 g/mol. The first-order valence-corrected chi connectivity index (χ1v) is 15.9. The number of piperidine rings is 1. The summed E-state index contributed by atoms with van der Waals surface area (Å²) in [5.41, 5.74) is -3.57. The molecule has 4 aliphatic rings. The summed E-state index contributed by atoms with van der Waals surface area (Å²) in [4.78, 5) is 47.4. The van der Waals surface area contributed by atoms with Crippen LogP contribution in [0.4, 0.5) is 0 Å². The zero-order valence-electron chi connectivity index (χ0n) is 26.6. The number of aliphatic hydroxyl groups is 3. The number of rotatable bonds is 6. The van der Waals surface area contributed by atoms with Crippen molar-refractivity contribution in [3.63, 3.8) is 0 Å². The topological polar surface area (TPSA) is 196 Å². The lowest BCUT2D eigenvalue weighted by Crippen LogP contribution is -2.50. The van der Waals surface area contributed by atoms with Gasteiger partial charge < -0.3 is 44.6 Å². The molecule has 0 radical (unpaired) electrons. The molecule has 2 aliphatic carbocycles. The van der Waals surface area contributed by atoms with E-state index in [1.807, 2.05) is 6.92 Å². The summed E-state index contributed by atoms with van der Waals surface area (Å²) in [7, 11) is 1.34. The van der Waals surface area contributed by atoms with Crippen LogP contribution in [0.2, 0.25) is 0 Å². The van der Waals surface area contributed by atoms with E-state index in [0.29, 0.717) is 0 Å². The maximum atomic E-state index is 13.9. The molecule has 2 aromatic rings. The number of hydrogen-bond acceptors (Lipinski definition) is 12. The highest BCUT2D eigenvalue weighted by Gasteiger charge is 2.50. The molecule has 6 atom stereocenters. The van der Waals surface area contributed by atoms with Crippen LogP contribution in [0.25, 0.3) is 0 Å². The van der Waals surface area contributed by atoms with Gasteiger partial charge in [0.2, 0.25) is 5.78 Å². The molecule has 47 heavy (non-hydrogen) atoms. The van der Waals surface area contributed by atoms with Crippen LogP contribution in [-0.2, 0) is 20.7 Å². The molecule has 2 fully saturated rings. The standard InChI is InChI=1S/C34H40N2O11/c1-16-29(39)20(35-17(2)36-10-5-4-6-11-36)12-24(46-16)47-22-14-34(44,23(38)15-37)13-19-26(22)33(43)28-27(31(19)41)30(40)18-8-7-9-21(45-3)25(18)32(28)42/h7-9,16,20,22,24,29,37,39,41,43-44H,4-6,10-15H2,1-3H3/t16?,20?,22-,24?,29?,34?/m0/s1. The number of aromatic hydroxyl groups is 2. The van der Waals surface area contributed by atoms with Crippen molar-refractivity contribution in [3.8, 4) is 17.2 Å². The summed E-state index contributed by atoms with van der Waals surface area (Å²) < 4.78 is 17.6. The molecule has 252 valence electrons. The minimum Gasteiger partial charge on any atom is -0.507 e. The van der Waals surface area contributed by atoms with Crippen molar-refractivity contribution >= 4 is 23.2 Å². The van der Waals surface area contributed by atoms with Gasteiger partial charge in [0.05, 0.1) is 47.9 Å². The third-order valence-electron chi connectivity index (χ3n) is 9.90. The summed E-state index contributed by atoms with van der Waals surface area (Å²) in [6, 6.07) is 3.79. The largest absolute Gasteiger partial charge is 0.507 e. The second kappa shape index (κ2) is 12.6. The first-order valence-electron chi connectivity index (χ1n) is 15.9. The molecule has 13 heteroatoms. The number of carbonyl (C=O) groups is 3. The van der Waals surface area contributed by atoms with Gasteiger partial charge in [0.25, 0.3) is 0 Å². The van der Waals surface area contributed by atoms with E-state index in [1.165, 1.54) is 25.3 Å². The number of ether oxygens (including phenoxy) is 3. The SMILES string of the molecule is COc1cccc2c1C(=O)c1c(O)c3c(c(O)c1C2=O)CC(O)(C(=O)CO)C[C@@H]3OC1CC(N=C(C)N2CCCCC2)C(O)C(C)O1. The van der Waals surface area contributed by atoms with Crippen molar-refractivity contribution in [2.24, 2.45) is 4.99 Å². The highest BCUT2D eigenvalue weighted by molar-refractivity contribution is 6.31. The van der Waals surface area contributed by atoms with Crippen LogP contribution in [0.3, 0.4) is 0 Å². The average Bonchev–Trinajstić information content (AvgIpc) is 3.06. The number of benzene rings is 2. The first kappa shape index (κ1) is 33.0. The molecule has 6 rings (SSSR count). The fourth-order valence-corrected chi connectivity index (χ4v) is 7.36. The van der Waals surface area contributed by atoms with Crippen LogP contribution in [-0.4, -0.2) is 111 Å². The van der Waals surface area contributed by atoms with E-state index in [4.69, 9.17) is 19.2 Å². The summed E-state index contributed by atoms with van der Waals surface area (Å²) in [6.45, 7) is 4.27. The summed E-state index contributed by atoms with van der Waals surface area (Å²) in [5.74, 6) is -2.93. The molecule has 2 heterocycles. The lowest BCUT2D eigenvalue weighted by Gasteiger charge is -2.42. The summed E-state index contributed by atoms with van der Waals surface area (Å²) >= 11 is 0. The summed E-state index contributed by atoms with van der Waals surface area (Å²) in [5, 5.41) is 55.5. The Morgan fingerprint density at radius 2 is 1.79 bits per heavy atom. The average molecular weight is 653 g/mol. The molecule has 13 nitrogen and oxygen atoms in total. The lowest BCUT2D eigenvalue weighted by molar-refractivity contribution is -0.247. The number of Topliss-reactive ketones (excluding diaryl/α,β-unsaturated/α-hetero) is 1. The van der Waals surface area contributed by atoms with Crippen molar-refractivity contribution < 1.29 is 54.1 Å². The van der Waals surface area contributed by atoms with Gasteiger partial charge in [-0.3, -0.25) is 19.4 Å².